The molecule has 0 radical (unpaired) electrons. The smallest absolute Gasteiger partial charge is 0.0145 e. The maximum Gasteiger partial charge on any atom is 0.0145 e. The van der Waals surface area contributed by atoms with Crippen molar-refractivity contribution in [3.05, 3.63) is 0 Å². The molecular weight excluding hydrogens is 298 g/mol. The van der Waals surface area contributed by atoms with E-state index >= 15 is 0 Å². The van der Waals surface area contributed by atoms with Crippen LogP contribution < -0.4 is 6.15 Å². The zero-order valence-corrected chi connectivity index (χ0v) is 15.1. The summed E-state index contributed by atoms with van der Waals surface area (Å²) in [5, 5.41) is 0. The first-order valence-corrected chi connectivity index (χ1v) is 9.36. The fraction of sp³-hybridized carbons (Fsp3) is 1.00. The molecule has 0 unspecified atom stereocenters. The van der Waals surface area contributed by atoms with Crippen molar-refractivity contribution in [3.8, 4) is 0 Å². The highest BCUT2D eigenvalue weighted by Crippen LogP contribution is 2.19. The van der Waals surface area contributed by atoms with Gasteiger partial charge in [-0.3, -0.25) is 0 Å². The third-order valence-electron chi connectivity index (χ3n) is 3.74. The minimum atomic E-state index is 0. The number of unbranched alkanes of at least 4 members (excludes halogenated alkanes) is 10. The lowest BCUT2D eigenvalue weighted by Crippen LogP contribution is -1.97. The molecule has 0 heterocycles. The molecule has 0 saturated carbocycles. The van der Waals surface area contributed by atoms with Gasteiger partial charge in [0.25, 0.3) is 0 Å². The molecule has 0 amide bonds. The van der Waals surface area contributed by atoms with E-state index in [1.54, 1.807) is 0 Å². The molecule has 0 saturated heterocycles. The minimum absolute atomic E-state index is 0. The van der Waals surface area contributed by atoms with Crippen molar-refractivity contribution >= 4 is 15.9 Å². The van der Waals surface area contributed by atoms with Gasteiger partial charge in [-0.05, 0) is 12.8 Å². The lowest BCUT2D eigenvalue weighted by Gasteiger charge is -2.09. The molecule has 0 atom stereocenters. The predicted molar refractivity (Wildman–Crippen MR) is 93.7 cm³/mol. The van der Waals surface area contributed by atoms with E-state index in [1.807, 2.05) is 0 Å². The molecule has 0 aliphatic rings. The van der Waals surface area contributed by atoms with Gasteiger partial charge in [-0.25, -0.2) is 0 Å². The quantitative estimate of drug-likeness (QED) is 0.260. The highest BCUT2D eigenvalue weighted by Gasteiger charge is 2.03. The molecule has 0 fully saturated rings. The zero-order chi connectivity index (χ0) is 13.5. The van der Waals surface area contributed by atoms with Crippen LogP contribution in [0.2, 0.25) is 0 Å². The molecule has 0 aromatic carbocycles. The van der Waals surface area contributed by atoms with E-state index in [1.165, 1.54) is 89.9 Å². The van der Waals surface area contributed by atoms with Gasteiger partial charge in [-0.15, -0.1) is 0 Å². The molecule has 0 bridgehead atoms. The van der Waals surface area contributed by atoms with Crippen LogP contribution in [0.1, 0.15) is 104 Å². The van der Waals surface area contributed by atoms with Gasteiger partial charge in [-0.1, -0.05) is 107 Å². The van der Waals surface area contributed by atoms with Crippen LogP contribution in [-0.4, -0.2) is 4.83 Å². The van der Waals surface area contributed by atoms with Gasteiger partial charge in [0.1, 0.15) is 0 Å². The Labute approximate surface area is 131 Å². The highest BCUT2D eigenvalue weighted by atomic mass is 79.9. The first-order chi connectivity index (χ1) is 8.81. The third-order valence-corrected chi connectivity index (χ3v) is 4.66. The van der Waals surface area contributed by atoms with Crippen LogP contribution in [0.25, 0.3) is 0 Å². The molecule has 19 heavy (non-hydrogen) atoms. The minimum Gasteiger partial charge on any atom is -0.344 e. The van der Waals surface area contributed by atoms with Crippen LogP contribution >= 0.6 is 15.9 Å². The van der Waals surface area contributed by atoms with E-state index in [-0.39, 0.29) is 6.15 Å². The van der Waals surface area contributed by atoms with E-state index in [4.69, 9.17) is 0 Å². The average molecular weight is 336 g/mol. The molecule has 0 aliphatic heterocycles. The summed E-state index contributed by atoms with van der Waals surface area (Å²) < 4.78 is 0. The van der Waals surface area contributed by atoms with E-state index < -0.39 is 0 Å². The molecule has 0 rings (SSSR count). The summed E-state index contributed by atoms with van der Waals surface area (Å²) in [7, 11) is 0. The summed E-state index contributed by atoms with van der Waals surface area (Å²) in [5.74, 6) is 0. The Morgan fingerprint density at radius 2 is 0.895 bits per heavy atom. The van der Waals surface area contributed by atoms with Crippen LogP contribution in [0, 0.1) is 0 Å². The van der Waals surface area contributed by atoms with Gasteiger partial charge in [0.05, 0.1) is 0 Å². The lowest BCUT2D eigenvalue weighted by atomic mass is 10.0. The molecule has 0 aliphatic carbocycles. The van der Waals surface area contributed by atoms with Crippen molar-refractivity contribution < 1.29 is 0 Å². The SMILES string of the molecule is CCCCCCCCC(Br)CCCCCCCC.N. The van der Waals surface area contributed by atoms with Gasteiger partial charge in [0.2, 0.25) is 0 Å². The van der Waals surface area contributed by atoms with Crippen LogP contribution in [0.3, 0.4) is 0 Å². The zero-order valence-electron chi connectivity index (χ0n) is 13.6. The third kappa shape index (κ3) is 18.4. The Kier molecular flexibility index (Phi) is 21.1. The largest absolute Gasteiger partial charge is 0.344 e. The Balaban J connectivity index is 0. The van der Waals surface area contributed by atoms with Gasteiger partial charge in [0, 0.05) is 4.83 Å². The van der Waals surface area contributed by atoms with Crippen molar-refractivity contribution in [1.82, 2.24) is 6.15 Å². The van der Waals surface area contributed by atoms with E-state index in [9.17, 15) is 0 Å². The topological polar surface area (TPSA) is 35.0 Å². The maximum atomic E-state index is 3.84. The summed E-state index contributed by atoms with van der Waals surface area (Å²) >= 11 is 3.84. The van der Waals surface area contributed by atoms with Crippen LogP contribution in [-0.2, 0) is 0 Å². The molecule has 0 spiro atoms. The number of rotatable bonds is 14. The second-order valence-corrected chi connectivity index (χ2v) is 7.01. The first kappa shape index (κ1) is 21.7. The summed E-state index contributed by atoms with van der Waals surface area (Å²) in [6, 6.07) is 0. The van der Waals surface area contributed by atoms with Crippen LogP contribution in [0.15, 0.2) is 0 Å². The van der Waals surface area contributed by atoms with E-state index in [0.717, 1.165) is 4.83 Å². The maximum absolute atomic E-state index is 3.84. The van der Waals surface area contributed by atoms with Crippen molar-refractivity contribution in [2.45, 2.75) is 109 Å². The van der Waals surface area contributed by atoms with Gasteiger partial charge in [0.15, 0.2) is 0 Å². The Morgan fingerprint density at radius 1 is 0.579 bits per heavy atom. The number of halogens is 1. The summed E-state index contributed by atoms with van der Waals surface area (Å²) in [4.78, 5) is 0.787. The predicted octanol–water partition coefficient (Wildman–Crippen LogP) is 7.41. The fourth-order valence-corrected chi connectivity index (χ4v) is 3.08. The average Bonchev–Trinajstić information content (AvgIpc) is 2.38. The van der Waals surface area contributed by atoms with E-state index in [0.29, 0.717) is 0 Å². The van der Waals surface area contributed by atoms with Crippen LogP contribution in [0.5, 0.6) is 0 Å². The van der Waals surface area contributed by atoms with Crippen molar-refractivity contribution in [2.75, 3.05) is 0 Å². The number of hydrogen-bond donors (Lipinski definition) is 1. The fourth-order valence-electron chi connectivity index (χ4n) is 2.44. The lowest BCUT2D eigenvalue weighted by molar-refractivity contribution is 0.545. The number of alkyl halides is 1. The molecule has 3 N–H and O–H groups in total. The second kappa shape index (κ2) is 18.4. The molecule has 0 aromatic rings. The first-order valence-electron chi connectivity index (χ1n) is 8.45. The normalized spacial score (nSPS) is 10.7. The second-order valence-electron chi connectivity index (χ2n) is 5.71. The molecule has 118 valence electrons. The highest BCUT2D eigenvalue weighted by molar-refractivity contribution is 9.09. The Hall–Kier alpha value is 0.440. The van der Waals surface area contributed by atoms with Crippen molar-refractivity contribution in [2.24, 2.45) is 0 Å². The van der Waals surface area contributed by atoms with Gasteiger partial charge in [-0.2, -0.15) is 0 Å². The Morgan fingerprint density at radius 3 is 1.26 bits per heavy atom. The van der Waals surface area contributed by atoms with Crippen LogP contribution in [0.4, 0.5) is 0 Å². The monoisotopic (exact) mass is 335 g/mol. The van der Waals surface area contributed by atoms with Crippen molar-refractivity contribution in [3.63, 3.8) is 0 Å². The summed E-state index contributed by atoms with van der Waals surface area (Å²) in [6.07, 6.45) is 19.9. The number of hydrogen-bond acceptors (Lipinski definition) is 1. The molecule has 2 heteroatoms. The standard InChI is InChI=1S/C17H35Br.H3N/c1-3-5-7-9-11-13-15-17(18)16-14-12-10-8-6-4-2;/h17H,3-16H2,1-2H3;1H3. The molecule has 0 aromatic heterocycles. The van der Waals surface area contributed by atoms with Gasteiger partial charge >= 0.3 is 0 Å². The molecular formula is C17H38BrN. The summed E-state index contributed by atoms with van der Waals surface area (Å²) in [6.45, 7) is 4.57. The van der Waals surface area contributed by atoms with Crippen molar-refractivity contribution in [1.29, 1.82) is 0 Å². The Bertz CT molecular complexity index is 134. The molecule has 1 nitrogen and oxygen atoms in total. The van der Waals surface area contributed by atoms with Gasteiger partial charge < -0.3 is 6.15 Å². The van der Waals surface area contributed by atoms with E-state index in [2.05, 4.69) is 29.8 Å². The summed E-state index contributed by atoms with van der Waals surface area (Å²) in [5.41, 5.74) is 0.